The van der Waals surface area contributed by atoms with Crippen molar-refractivity contribution in [3.8, 4) is 0 Å². The summed E-state index contributed by atoms with van der Waals surface area (Å²) >= 11 is 6.39. The quantitative estimate of drug-likeness (QED) is 0.125. The Balaban J connectivity index is 1.53. The Kier molecular flexibility index (Phi) is 9.45. The number of hydrogen-bond donors (Lipinski definition) is 1. The summed E-state index contributed by atoms with van der Waals surface area (Å²) in [5.41, 5.74) is -0.0162. The number of H-pyrrole nitrogens is 1. The summed E-state index contributed by atoms with van der Waals surface area (Å²) in [5, 5.41) is 4.63. The lowest BCUT2D eigenvalue weighted by atomic mass is 10.1. The maximum absolute atomic E-state index is 13.3. The van der Waals surface area contributed by atoms with Gasteiger partial charge in [0.1, 0.15) is 17.4 Å². The topological polar surface area (TPSA) is 139 Å². The van der Waals surface area contributed by atoms with E-state index in [0.717, 1.165) is 4.68 Å². The Bertz CT molecular complexity index is 1710. The molecule has 0 saturated carbocycles. The van der Waals surface area contributed by atoms with Crippen molar-refractivity contribution in [1.82, 2.24) is 14.8 Å². The number of benzene rings is 3. The van der Waals surface area contributed by atoms with Crippen molar-refractivity contribution in [3.05, 3.63) is 123 Å². The van der Waals surface area contributed by atoms with E-state index in [1.807, 2.05) is 0 Å². The van der Waals surface area contributed by atoms with Gasteiger partial charge in [-0.25, -0.2) is 19.2 Å². The summed E-state index contributed by atoms with van der Waals surface area (Å²) in [4.78, 5) is 54.8. The molecule has 1 saturated heterocycles. The first-order chi connectivity index (χ1) is 20.9. The minimum Gasteiger partial charge on any atom is -0.459 e. The maximum atomic E-state index is 13.3. The minimum absolute atomic E-state index is 0.116. The molecule has 1 N–H and O–H groups in total. The van der Waals surface area contributed by atoms with Crippen molar-refractivity contribution >= 4 is 41.9 Å². The third kappa shape index (κ3) is 6.91. The molecule has 2 heterocycles. The van der Waals surface area contributed by atoms with Crippen molar-refractivity contribution in [3.63, 3.8) is 0 Å². The predicted molar refractivity (Wildman–Crippen MR) is 157 cm³/mol. The zero-order valence-corrected chi connectivity index (χ0v) is 24.3. The number of aromatic amines is 1. The number of nitrogens with zero attached hydrogens (tertiary/aromatic N) is 2. The Morgan fingerprint density at radius 1 is 0.837 bits per heavy atom. The van der Waals surface area contributed by atoms with E-state index in [9.17, 15) is 19.2 Å². The summed E-state index contributed by atoms with van der Waals surface area (Å²) in [6, 6.07) is 24.6. The zero-order valence-electron chi connectivity index (χ0n) is 22.7. The standard InChI is InChI=1S/C30H25N3O8S2/c1-43-25-24(42)31-30(37)33(32-25)26-23(41-29(36)20-15-9-4-10-16-20)22(40-28(35)19-13-7-3-8-14-19)21(39-26)17-38-27(34)18-11-5-2-6-12-18/h2-16,21-23,26H,17H2,1H3,(H,31,37,42)/t21-,22+,23-,26+/m0/s1. The number of nitrogens with one attached hydrogen (secondary N) is 1. The van der Waals surface area contributed by atoms with Crippen molar-refractivity contribution in [2.75, 3.05) is 12.9 Å². The Morgan fingerprint density at radius 2 is 1.33 bits per heavy atom. The molecule has 0 bridgehead atoms. The minimum atomic E-state index is -1.38. The van der Waals surface area contributed by atoms with Crippen LogP contribution in [0.15, 0.2) is 101 Å². The van der Waals surface area contributed by atoms with Crippen molar-refractivity contribution < 1.29 is 33.3 Å². The summed E-state index contributed by atoms with van der Waals surface area (Å²) in [5.74, 6) is -2.15. The van der Waals surface area contributed by atoms with Gasteiger partial charge in [-0.1, -0.05) is 66.8 Å². The van der Waals surface area contributed by atoms with Crippen molar-refractivity contribution in [1.29, 1.82) is 0 Å². The normalized spacial score (nSPS) is 19.4. The lowest BCUT2D eigenvalue weighted by molar-refractivity contribution is -0.0706. The number of ether oxygens (including phenoxy) is 4. The van der Waals surface area contributed by atoms with E-state index in [4.69, 9.17) is 31.2 Å². The summed E-state index contributed by atoms with van der Waals surface area (Å²) in [6.07, 6.45) is -3.52. The van der Waals surface area contributed by atoms with Gasteiger partial charge in [0.05, 0.1) is 16.7 Å². The molecule has 4 aromatic rings. The Hall–Kier alpha value is -4.59. The van der Waals surface area contributed by atoms with Crippen LogP contribution in [0.3, 0.4) is 0 Å². The number of hydrogen-bond acceptors (Lipinski definition) is 11. The van der Waals surface area contributed by atoms with Gasteiger partial charge in [0.2, 0.25) is 0 Å². The highest BCUT2D eigenvalue weighted by molar-refractivity contribution is 7.98. The third-order valence-electron chi connectivity index (χ3n) is 6.43. The van der Waals surface area contributed by atoms with Crippen LogP contribution < -0.4 is 5.69 Å². The van der Waals surface area contributed by atoms with E-state index in [0.29, 0.717) is 10.6 Å². The molecule has 0 unspecified atom stereocenters. The van der Waals surface area contributed by atoms with Crippen LogP contribution in [0.25, 0.3) is 0 Å². The zero-order chi connectivity index (χ0) is 30.3. The van der Waals surface area contributed by atoms with Crippen LogP contribution in [0.2, 0.25) is 0 Å². The number of carbonyl (C=O) groups is 3. The SMILES string of the molecule is CSc1nn([C@@H]2O[C@@H](COC(=O)c3ccccc3)[C@@H](OC(=O)c3ccccc3)[C@@H]2OC(=O)c2ccccc2)c(=O)[nH]c1=S. The number of thioether (sulfide) groups is 1. The highest BCUT2D eigenvalue weighted by Gasteiger charge is 2.52. The molecule has 0 amide bonds. The average Bonchev–Trinajstić information content (AvgIpc) is 3.36. The van der Waals surface area contributed by atoms with Crippen molar-refractivity contribution in [2.24, 2.45) is 0 Å². The molecule has 11 nitrogen and oxygen atoms in total. The summed E-state index contributed by atoms with van der Waals surface area (Å²) < 4.78 is 24.4. The molecule has 0 aliphatic carbocycles. The molecular formula is C30H25N3O8S2. The fourth-order valence-corrected chi connectivity index (χ4v) is 5.14. The van der Waals surface area contributed by atoms with Crippen LogP contribution in [0.5, 0.6) is 0 Å². The van der Waals surface area contributed by atoms with E-state index in [1.165, 1.54) is 11.8 Å². The molecule has 1 aliphatic heterocycles. The fourth-order valence-electron chi connectivity index (χ4n) is 4.36. The number of aromatic nitrogens is 3. The molecule has 3 aromatic carbocycles. The highest BCUT2D eigenvalue weighted by atomic mass is 32.2. The first kappa shape index (κ1) is 29.9. The van der Waals surface area contributed by atoms with E-state index in [-0.39, 0.29) is 15.8 Å². The molecule has 0 radical (unpaired) electrons. The molecule has 1 fully saturated rings. The highest BCUT2D eigenvalue weighted by Crippen LogP contribution is 2.34. The van der Waals surface area contributed by atoms with E-state index >= 15 is 0 Å². The molecule has 13 heteroatoms. The first-order valence-electron chi connectivity index (χ1n) is 13.0. The molecule has 4 atom stereocenters. The molecule has 43 heavy (non-hydrogen) atoms. The van der Waals surface area contributed by atoms with Crippen LogP contribution in [0.4, 0.5) is 0 Å². The van der Waals surface area contributed by atoms with Crippen LogP contribution in [-0.2, 0) is 18.9 Å². The molecule has 220 valence electrons. The van der Waals surface area contributed by atoms with Gasteiger partial charge in [-0.2, -0.15) is 9.78 Å². The van der Waals surface area contributed by atoms with E-state index in [1.54, 1.807) is 97.3 Å². The molecule has 5 rings (SSSR count). The van der Waals surface area contributed by atoms with Crippen molar-refractivity contribution in [2.45, 2.75) is 29.6 Å². The summed E-state index contributed by atoms with van der Waals surface area (Å²) in [6.45, 7) is -0.399. The van der Waals surface area contributed by atoms with Crippen LogP contribution in [-0.4, -0.2) is 63.8 Å². The van der Waals surface area contributed by atoms with Crippen LogP contribution in [0.1, 0.15) is 37.3 Å². The maximum Gasteiger partial charge on any atom is 0.345 e. The van der Waals surface area contributed by atoms with Gasteiger partial charge in [-0.15, -0.1) is 11.8 Å². The molecule has 1 aliphatic rings. The van der Waals surface area contributed by atoms with E-state index in [2.05, 4.69) is 10.1 Å². The monoisotopic (exact) mass is 619 g/mol. The largest absolute Gasteiger partial charge is 0.459 e. The Morgan fingerprint density at radius 3 is 1.84 bits per heavy atom. The number of carbonyl (C=O) groups excluding carboxylic acids is 3. The van der Waals surface area contributed by atoms with Gasteiger partial charge < -0.3 is 18.9 Å². The number of rotatable bonds is 9. The van der Waals surface area contributed by atoms with Crippen LogP contribution in [0, 0.1) is 4.64 Å². The van der Waals surface area contributed by atoms with Gasteiger partial charge in [0.25, 0.3) is 0 Å². The second-order valence-electron chi connectivity index (χ2n) is 9.21. The lowest BCUT2D eigenvalue weighted by Crippen LogP contribution is -2.43. The smallest absolute Gasteiger partial charge is 0.345 e. The van der Waals surface area contributed by atoms with Gasteiger partial charge >= 0.3 is 23.6 Å². The van der Waals surface area contributed by atoms with Gasteiger partial charge in [0.15, 0.2) is 23.5 Å². The van der Waals surface area contributed by atoms with E-state index < -0.39 is 54.7 Å². The third-order valence-corrected chi connectivity index (χ3v) is 7.53. The fraction of sp³-hybridized carbons (Fsp3) is 0.200. The predicted octanol–water partition coefficient (Wildman–Crippen LogP) is 4.23. The Labute approximate surface area is 254 Å². The first-order valence-corrected chi connectivity index (χ1v) is 14.7. The van der Waals surface area contributed by atoms with Gasteiger partial charge in [0, 0.05) is 0 Å². The average molecular weight is 620 g/mol. The van der Waals surface area contributed by atoms with Gasteiger partial charge in [-0.3, -0.25) is 4.98 Å². The number of esters is 3. The van der Waals surface area contributed by atoms with Gasteiger partial charge in [-0.05, 0) is 42.7 Å². The summed E-state index contributed by atoms with van der Waals surface area (Å²) in [7, 11) is 0. The molecular weight excluding hydrogens is 594 g/mol. The lowest BCUT2D eigenvalue weighted by Gasteiger charge is -2.24. The molecule has 0 spiro atoms. The van der Waals surface area contributed by atoms with Crippen LogP contribution >= 0.6 is 24.0 Å². The second kappa shape index (κ2) is 13.6. The molecule has 1 aromatic heterocycles. The second-order valence-corrected chi connectivity index (χ2v) is 10.4.